The first-order chi connectivity index (χ1) is 9.84. The smallest absolute Gasteiger partial charge is 0.252 e. The summed E-state index contributed by atoms with van der Waals surface area (Å²) >= 11 is 1.56. The lowest BCUT2D eigenvalue weighted by atomic mass is 10.0. The molecule has 0 bridgehead atoms. The second kappa shape index (κ2) is 6.20. The molecule has 0 radical (unpaired) electrons. The van der Waals surface area contributed by atoms with Crippen LogP contribution < -0.4 is 5.32 Å². The SMILES string of the molecule is O=C(NCC1CCCO1)c1cscc1-c1ccccc1. The lowest BCUT2D eigenvalue weighted by molar-refractivity contribution is 0.0858. The van der Waals surface area contributed by atoms with Crippen LogP contribution in [0.2, 0.25) is 0 Å². The van der Waals surface area contributed by atoms with E-state index in [4.69, 9.17) is 4.74 Å². The van der Waals surface area contributed by atoms with Gasteiger partial charge in [-0.1, -0.05) is 30.3 Å². The molecule has 1 aliphatic heterocycles. The van der Waals surface area contributed by atoms with Gasteiger partial charge in [-0.2, -0.15) is 11.3 Å². The zero-order valence-electron chi connectivity index (χ0n) is 11.2. The van der Waals surface area contributed by atoms with E-state index >= 15 is 0 Å². The zero-order valence-corrected chi connectivity index (χ0v) is 12.0. The minimum absolute atomic E-state index is 0.0133. The molecule has 1 amide bonds. The third-order valence-corrected chi connectivity index (χ3v) is 4.25. The first-order valence-corrected chi connectivity index (χ1v) is 7.80. The highest BCUT2D eigenvalue weighted by Gasteiger charge is 2.18. The van der Waals surface area contributed by atoms with Gasteiger partial charge in [0.05, 0.1) is 11.7 Å². The largest absolute Gasteiger partial charge is 0.376 e. The van der Waals surface area contributed by atoms with Crippen LogP contribution >= 0.6 is 11.3 Å². The van der Waals surface area contributed by atoms with Gasteiger partial charge in [0.15, 0.2) is 0 Å². The average Bonchev–Trinajstić information content (AvgIpc) is 3.17. The van der Waals surface area contributed by atoms with Crippen LogP contribution in [0.25, 0.3) is 11.1 Å². The molecule has 1 saturated heterocycles. The maximum Gasteiger partial charge on any atom is 0.252 e. The van der Waals surface area contributed by atoms with Crippen molar-refractivity contribution in [1.29, 1.82) is 0 Å². The monoisotopic (exact) mass is 287 g/mol. The fourth-order valence-electron chi connectivity index (χ4n) is 2.42. The van der Waals surface area contributed by atoms with Crippen LogP contribution in [0.15, 0.2) is 41.1 Å². The van der Waals surface area contributed by atoms with Crippen LogP contribution in [0.4, 0.5) is 0 Å². The van der Waals surface area contributed by atoms with E-state index in [1.807, 2.05) is 41.1 Å². The summed E-state index contributed by atoms with van der Waals surface area (Å²) in [5.41, 5.74) is 2.83. The number of benzene rings is 1. The van der Waals surface area contributed by atoms with Crippen molar-refractivity contribution in [2.45, 2.75) is 18.9 Å². The fraction of sp³-hybridized carbons (Fsp3) is 0.312. The average molecular weight is 287 g/mol. The van der Waals surface area contributed by atoms with E-state index in [2.05, 4.69) is 5.32 Å². The summed E-state index contributed by atoms with van der Waals surface area (Å²) in [6.45, 7) is 1.41. The van der Waals surface area contributed by atoms with E-state index in [9.17, 15) is 4.79 Å². The summed E-state index contributed by atoms with van der Waals surface area (Å²) in [4.78, 5) is 12.3. The Balaban J connectivity index is 1.70. The number of rotatable bonds is 4. The lowest BCUT2D eigenvalue weighted by Crippen LogP contribution is -2.31. The summed E-state index contributed by atoms with van der Waals surface area (Å²) in [7, 11) is 0. The van der Waals surface area contributed by atoms with E-state index in [1.54, 1.807) is 11.3 Å². The Hall–Kier alpha value is -1.65. The number of ether oxygens (including phenoxy) is 1. The Labute approximate surface area is 122 Å². The van der Waals surface area contributed by atoms with Crippen LogP contribution in [-0.4, -0.2) is 25.2 Å². The molecular weight excluding hydrogens is 270 g/mol. The van der Waals surface area contributed by atoms with E-state index in [0.29, 0.717) is 6.54 Å². The Bertz CT molecular complexity index is 573. The van der Waals surface area contributed by atoms with Crippen molar-refractivity contribution in [2.75, 3.05) is 13.2 Å². The lowest BCUT2D eigenvalue weighted by Gasteiger charge is -2.11. The summed E-state index contributed by atoms with van der Waals surface area (Å²) < 4.78 is 5.52. The highest BCUT2D eigenvalue weighted by Crippen LogP contribution is 2.27. The minimum Gasteiger partial charge on any atom is -0.376 e. The van der Waals surface area contributed by atoms with Crippen molar-refractivity contribution in [2.24, 2.45) is 0 Å². The van der Waals surface area contributed by atoms with Gasteiger partial charge in [-0.05, 0) is 23.8 Å². The normalized spacial score (nSPS) is 18.1. The van der Waals surface area contributed by atoms with Crippen molar-refractivity contribution in [1.82, 2.24) is 5.32 Å². The number of amides is 1. The molecule has 1 aromatic heterocycles. The first-order valence-electron chi connectivity index (χ1n) is 6.86. The van der Waals surface area contributed by atoms with Gasteiger partial charge in [0.25, 0.3) is 5.91 Å². The maximum absolute atomic E-state index is 12.3. The molecule has 1 fully saturated rings. The number of hydrogen-bond acceptors (Lipinski definition) is 3. The molecule has 2 aromatic rings. The molecule has 20 heavy (non-hydrogen) atoms. The predicted molar refractivity (Wildman–Crippen MR) is 81.1 cm³/mol. The highest BCUT2D eigenvalue weighted by molar-refractivity contribution is 7.08. The van der Waals surface area contributed by atoms with Crippen molar-refractivity contribution in [3.8, 4) is 11.1 Å². The van der Waals surface area contributed by atoms with Gasteiger partial charge < -0.3 is 10.1 Å². The first kappa shape index (κ1) is 13.3. The minimum atomic E-state index is -0.0133. The highest BCUT2D eigenvalue weighted by atomic mass is 32.1. The van der Waals surface area contributed by atoms with E-state index in [0.717, 1.165) is 36.1 Å². The quantitative estimate of drug-likeness (QED) is 0.936. The van der Waals surface area contributed by atoms with E-state index in [1.165, 1.54) is 0 Å². The van der Waals surface area contributed by atoms with Crippen LogP contribution in [0, 0.1) is 0 Å². The molecule has 3 rings (SSSR count). The Kier molecular flexibility index (Phi) is 4.14. The Morgan fingerprint density at radius 3 is 2.90 bits per heavy atom. The summed E-state index contributed by atoms with van der Waals surface area (Å²) in [5, 5.41) is 6.91. The summed E-state index contributed by atoms with van der Waals surface area (Å²) in [6.07, 6.45) is 2.31. The molecule has 104 valence electrons. The van der Waals surface area contributed by atoms with Gasteiger partial charge in [0.1, 0.15) is 0 Å². The standard InChI is InChI=1S/C16H17NO2S/c18-16(17-9-13-7-4-8-19-13)15-11-20-10-14(15)12-5-2-1-3-6-12/h1-3,5-6,10-11,13H,4,7-9H2,(H,17,18). The molecule has 0 aliphatic carbocycles. The Morgan fingerprint density at radius 1 is 1.30 bits per heavy atom. The molecule has 2 heterocycles. The van der Waals surface area contributed by atoms with Crippen molar-refractivity contribution in [3.63, 3.8) is 0 Å². The van der Waals surface area contributed by atoms with Gasteiger partial charge in [0, 0.05) is 24.1 Å². The predicted octanol–water partition coefficient (Wildman–Crippen LogP) is 3.32. The van der Waals surface area contributed by atoms with Crippen molar-refractivity contribution >= 4 is 17.2 Å². The number of thiophene rings is 1. The molecule has 1 atom stereocenters. The molecular formula is C16H17NO2S. The second-order valence-corrected chi connectivity index (χ2v) is 5.65. The molecule has 1 unspecified atom stereocenters. The zero-order chi connectivity index (χ0) is 13.8. The van der Waals surface area contributed by atoms with Crippen molar-refractivity contribution < 1.29 is 9.53 Å². The third kappa shape index (κ3) is 2.92. The van der Waals surface area contributed by atoms with E-state index in [-0.39, 0.29) is 12.0 Å². The number of carbonyl (C=O) groups excluding carboxylic acids is 1. The number of hydrogen-bond donors (Lipinski definition) is 1. The summed E-state index contributed by atoms with van der Waals surface area (Å²) in [5.74, 6) is -0.0133. The molecule has 0 spiro atoms. The maximum atomic E-state index is 12.3. The summed E-state index contributed by atoms with van der Waals surface area (Å²) in [6, 6.07) is 10.0. The van der Waals surface area contributed by atoms with Crippen LogP contribution in [0.3, 0.4) is 0 Å². The number of nitrogens with one attached hydrogen (secondary N) is 1. The van der Waals surface area contributed by atoms with Crippen LogP contribution in [-0.2, 0) is 4.74 Å². The Morgan fingerprint density at radius 2 is 2.15 bits per heavy atom. The molecule has 1 N–H and O–H groups in total. The molecule has 1 aromatic carbocycles. The number of carbonyl (C=O) groups is 1. The second-order valence-electron chi connectivity index (χ2n) is 4.91. The third-order valence-electron chi connectivity index (χ3n) is 3.51. The molecule has 0 saturated carbocycles. The molecule has 4 heteroatoms. The van der Waals surface area contributed by atoms with Gasteiger partial charge in [-0.25, -0.2) is 0 Å². The molecule has 3 nitrogen and oxygen atoms in total. The van der Waals surface area contributed by atoms with Gasteiger partial charge in [-0.15, -0.1) is 0 Å². The topological polar surface area (TPSA) is 38.3 Å². The van der Waals surface area contributed by atoms with Crippen molar-refractivity contribution in [3.05, 3.63) is 46.7 Å². The van der Waals surface area contributed by atoms with Crippen LogP contribution in [0.5, 0.6) is 0 Å². The fourth-order valence-corrected chi connectivity index (χ4v) is 3.26. The van der Waals surface area contributed by atoms with Gasteiger partial charge in [0.2, 0.25) is 0 Å². The van der Waals surface area contributed by atoms with Gasteiger partial charge >= 0.3 is 0 Å². The van der Waals surface area contributed by atoms with Crippen LogP contribution in [0.1, 0.15) is 23.2 Å². The molecule has 1 aliphatic rings. The van der Waals surface area contributed by atoms with Gasteiger partial charge in [-0.3, -0.25) is 4.79 Å². The van der Waals surface area contributed by atoms with E-state index < -0.39 is 0 Å².